The predicted octanol–water partition coefficient (Wildman–Crippen LogP) is 1.77. The van der Waals surface area contributed by atoms with Crippen LogP contribution < -0.4 is 0 Å². The molecule has 1 aliphatic heterocycles. The van der Waals surface area contributed by atoms with Crippen LogP contribution in [0.25, 0.3) is 0 Å². The topological polar surface area (TPSA) is 32.8 Å². The van der Waals surface area contributed by atoms with Gasteiger partial charge in [-0.2, -0.15) is 0 Å². The predicted molar refractivity (Wildman–Crippen MR) is 55.1 cm³/mol. The fourth-order valence-corrected chi connectivity index (χ4v) is 1.68. The largest absolute Gasteiger partial charge is 0.393 e. The van der Waals surface area contributed by atoms with Crippen LogP contribution in [0.2, 0.25) is 0 Å². The van der Waals surface area contributed by atoms with E-state index in [0.29, 0.717) is 0 Å². The van der Waals surface area contributed by atoms with Gasteiger partial charge in [-0.1, -0.05) is 30.3 Å². The van der Waals surface area contributed by atoms with Gasteiger partial charge in [0, 0.05) is 0 Å². The van der Waals surface area contributed by atoms with Gasteiger partial charge in [-0.25, -0.2) is 0 Å². The van der Waals surface area contributed by atoms with Crippen LogP contribution >= 0.6 is 0 Å². The molecule has 0 amide bonds. The molecule has 1 atom stereocenters. The molecule has 1 aromatic carbocycles. The van der Waals surface area contributed by atoms with E-state index in [4.69, 9.17) is 9.84 Å². The zero-order valence-corrected chi connectivity index (χ0v) is 8.28. The van der Waals surface area contributed by atoms with Crippen LogP contribution in [0.4, 0.5) is 0 Å². The van der Waals surface area contributed by atoms with Crippen LogP contribution in [0.3, 0.4) is 0 Å². The van der Waals surface area contributed by atoms with Crippen molar-refractivity contribution in [1.29, 1.82) is 0 Å². The van der Waals surface area contributed by atoms with Crippen molar-refractivity contribution in [2.45, 2.75) is 24.9 Å². The Morgan fingerprint density at radius 3 is 2.57 bits per heavy atom. The van der Waals surface area contributed by atoms with Crippen molar-refractivity contribution >= 4 is 0 Å². The summed E-state index contributed by atoms with van der Waals surface area (Å²) in [5, 5.41) is 9.03. The molecule has 1 aliphatic rings. The quantitative estimate of drug-likeness (QED) is 0.721. The number of aryl methyl sites for hydroxylation is 1. The Morgan fingerprint density at radius 2 is 2.00 bits per heavy atom. The molecule has 14 heavy (non-hydrogen) atoms. The zero-order chi connectivity index (χ0) is 9.86. The first-order valence-electron chi connectivity index (χ1n) is 5.13. The van der Waals surface area contributed by atoms with Crippen molar-refractivity contribution in [2.75, 3.05) is 13.2 Å². The Hall–Kier alpha value is -0.860. The first-order chi connectivity index (χ1) is 6.85. The summed E-state index contributed by atoms with van der Waals surface area (Å²) in [6.07, 6.45) is 3.13. The van der Waals surface area contributed by atoms with Gasteiger partial charge < -0.3 is 9.84 Å². The van der Waals surface area contributed by atoms with Crippen LogP contribution in [0.5, 0.6) is 0 Å². The summed E-state index contributed by atoms with van der Waals surface area (Å²) in [5.41, 5.74) is 1.19. The van der Waals surface area contributed by atoms with Gasteiger partial charge in [0.15, 0.2) is 0 Å². The van der Waals surface area contributed by atoms with Gasteiger partial charge in [-0.05, 0) is 24.8 Å². The van der Waals surface area contributed by atoms with E-state index < -0.39 is 0 Å². The van der Waals surface area contributed by atoms with Crippen LogP contribution in [0.15, 0.2) is 30.3 Å². The molecule has 2 nitrogen and oxygen atoms in total. The lowest BCUT2D eigenvalue weighted by atomic mass is 10.0. The van der Waals surface area contributed by atoms with Gasteiger partial charge in [0.25, 0.3) is 0 Å². The average Bonchev–Trinajstić information content (AvgIpc) is 3.00. The molecule has 1 heterocycles. The average molecular weight is 192 g/mol. The van der Waals surface area contributed by atoms with Gasteiger partial charge in [-0.3, -0.25) is 0 Å². The molecule has 1 saturated heterocycles. The minimum Gasteiger partial charge on any atom is -0.393 e. The SMILES string of the molecule is OC[C@]1(CCCc2ccccc2)CO1. The molecule has 0 aliphatic carbocycles. The van der Waals surface area contributed by atoms with Gasteiger partial charge in [0.1, 0.15) is 5.60 Å². The summed E-state index contributed by atoms with van der Waals surface area (Å²) < 4.78 is 5.23. The first-order valence-corrected chi connectivity index (χ1v) is 5.13. The van der Waals surface area contributed by atoms with E-state index in [0.717, 1.165) is 25.9 Å². The summed E-state index contributed by atoms with van der Waals surface area (Å²) in [4.78, 5) is 0. The van der Waals surface area contributed by atoms with Crippen molar-refractivity contribution in [3.8, 4) is 0 Å². The zero-order valence-electron chi connectivity index (χ0n) is 8.28. The number of aliphatic hydroxyl groups is 1. The van der Waals surface area contributed by atoms with Crippen LogP contribution in [0.1, 0.15) is 18.4 Å². The second-order valence-corrected chi connectivity index (χ2v) is 3.97. The molecule has 0 unspecified atom stereocenters. The monoisotopic (exact) mass is 192 g/mol. The van der Waals surface area contributed by atoms with E-state index >= 15 is 0 Å². The molecule has 0 radical (unpaired) electrons. The van der Waals surface area contributed by atoms with Crippen LogP contribution in [-0.2, 0) is 11.2 Å². The van der Waals surface area contributed by atoms with Crippen LogP contribution in [0, 0.1) is 0 Å². The molecular formula is C12H16O2. The third-order valence-corrected chi connectivity index (χ3v) is 2.78. The normalized spacial score (nSPS) is 24.9. The van der Waals surface area contributed by atoms with E-state index in [1.54, 1.807) is 0 Å². The molecule has 0 aromatic heterocycles. The highest BCUT2D eigenvalue weighted by molar-refractivity contribution is 5.14. The summed E-state index contributed by atoms with van der Waals surface area (Å²) >= 11 is 0. The third-order valence-electron chi connectivity index (χ3n) is 2.78. The van der Waals surface area contributed by atoms with Crippen molar-refractivity contribution in [2.24, 2.45) is 0 Å². The van der Waals surface area contributed by atoms with Gasteiger partial charge in [0.05, 0.1) is 13.2 Å². The van der Waals surface area contributed by atoms with E-state index in [2.05, 4.69) is 24.3 Å². The molecule has 76 valence electrons. The smallest absolute Gasteiger partial charge is 0.115 e. The maximum atomic E-state index is 9.03. The molecule has 0 bridgehead atoms. The molecule has 1 fully saturated rings. The summed E-state index contributed by atoms with van der Waals surface area (Å²) in [6.45, 7) is 0.903. The van der Waals surface area contributed by atoms with Crippen molar-refractivity contribution < 1.29 is 9.84 Å². The maximum absolute atomic E-state index is 9.03. The highest BCUT2D eigenvalue weighted by Gasteiger charge is 2.43. The van der Waals surface area contributed by atoms with Crippen molar-refractivity contribution in [1.82, 2.24) is 0 Å². The number of ether oxygens (including phenoxy) is 1. The van der Waals surface area contributed by atoms with E-state index in [1.807, 2.05) is 6.07 Å². The lowest BCUT2D eigenvalue weighted by Crippen LogP contribution is -2.16. The highest BCUT2D eigenvalue weighted by atomic mass is 16.6. The second kappa shape index (κ2) is 4.11. The Morgan fingerprint density at radius 1 is 1.29 bits per heavy atom. The number of epoxide rings is 1. The maximum Gasteiger partial charge on any atom is 0.115 e. The Kier molecular flexibility index (Phi) is 2.85. The summed E-state index contributed by atoms with van der Waals surface area (Å²) in [6, 6.07) is 10.4. The fourth-order valence-electron chi connectivity index (χ4n) is 1.68. The van der Waals surface area contributed by atoms with E-state index in [9.17, 15) is 0 Å². The second-order valence-electron chi connectivity index (χ2n) is 3.97. The van der Waals surface area contributed by atoms with Crippen molar-refractivity contribution in [3.05, 3.63) is 35.9 Å². The molecule has 1 aromatic rings. The molecule has 1 N–H and O–H groups in total. The molecule has 2 rings (SSSR count). The number of aliphatic hydroxyl groups excluding tert-OH is 1. The van der Waals surface area contributed by atoms with E-state index in [-0.39, 0.29) is 12.2 Å². The molecule has 0 saturated carbocycles. The van der Waals surface area contributed by atoms with E-state index in [1.165, 1.54) is 5.56 Å². The number of hydrogen-bond acceptors (Lipinski definition) is 2. The number of hydrogen-bond donors (Lipinski definition) is 1. The summed E-state index contributed by atoms with van der Waals surface area (Å²) in [7, 11) is 0. The minimum absolute atomic E-state index is 0.168. The van der Waals surface area contributed by atoms with Gasteiger partial charge in [0.2, 0.25) is 0 Å². The highest BCUT2D eigenvalue weighted by Crippen LogP contribution is 2.31. The standard InChI is InChI=1S/C12H16O2/c13-9-12(10-14-12)8-4-7-11-5-2-1-3-6-11/h1-3,5-6,13H,4,7-10H2/t12-/m1/s1. The van der Waals surface area contributed by atoms with Gasteiger partial charge in [-0.15, -0.1) is 0 Å². The Bertz CT molecular complexity index is 278. The minimum atomic E-state index is -0.172. The lowest BCUT2D eigenvalue weighted by molar-refractivity contribution is 0.162. The Balaban J connectivity index is 1.73. The van der Waals surface area contributed by atoms with Crippen LogP contribution in [-0.4, -0.2) is 23.9 Å². The molecular weight excluding hydrogens is 176 g/mol. The summed E-state index contributed by atoms with van der Waals surface area (Å²) in [5.74, 6) is 0. The fraction of sp³-hybridized carbons (Fsp3) is 0.500. The first kappa shape index (κ1) is 9.69. The molecule has 2 heteroatoms. The van der Waals surface area contributed by atoms with Crippen molar-refractivity contribution in [3.63, 3.8) is 0 Å². The number of rotatable bonds is 5. The molecule has 0 spiro atoms. The lowest BCUT2D eigenvalue weighted by Gasteiger charge is -2.07. The Labute approximate surface area is 84.5 Å². The number of benzene rings is 1. The van der Waals surface area contributed by atoms with Gasteiger partial charge >= 0.3 is 0 Å². The third kappa shape index (κ3) is 2.34.